The van der Waals surface area contributed by atoms with E-state index < -0.39 is 11.0 Å². The van der Waals surface area contributed by atoms with Gasteiger partial charge in [-0.25, -0.2) is 0 Å². The lowest BCUT2D eigenvalue weighted by Gasteiger charge is -2.64. The van der Waals surface area contributed by atoms with E-state index >= 15 is 0 Å². The highest BCUT2D eigenvalue weighted by atomic mass is 16.5. The summed E-state index contributed by atoms with van der Waals surface area (Å²) >= 11 is 0. The fourth-order valence-corrected chi connectivity index (χ4v) is 8.16. The quantitative estimate of drug-likeness (QED) is 0.453. The van der Waals surface area contributed by atoms with Crippen molar-refractivity contribution in [2.75, 3.05) is 27.2 Å². The highest BCUT2D eigenvalue weighted by Crippen LogP contribution is 2.65. The van der Waals surface area contributed by atoms with Crippen LogP contribution in [0.1, 0.15) is 41.5 Å². The maximum Gasteiger partial charge on any atom is 0.246 e. The Bertz CT molecular complexity index is 1440. The Kier molecular flexibility index (Phi) is 6.06. The fraction of sp³-hybridized carbons (Fsp3) is 0.424. The molecule has 1 N–H and O–H groups in total. The molecule has 2 fully saturated rings. The van der Waals surface area contributed by atoms with Gasteiger partial charge < -0.3 is 23.9 Å². The number of methoxy groups -OCH3 is 1. The van der Waals surface area contributed by atoms with Crippen LogP contribution < -0.4 is 9.47 Å². The van der Waals surface area contributed by atoms with Crippen LogP contribution in [-0.2, 0) is 23.1 Å². The molecule has 5 atom stereocenters. The van der Waals surface area contributed by atoms with Crippen LogP contribution in [0.15, 0.2) is 71.6 Å². The normalized spacial score (nSPS) is 30.1. The van der Waals surface area contributed by atoms with Crippen LogP contribution in [0.25, 0.3) is 6.08 Å². The smallest absolute Gasteiger partial charge is 0.246 e. The maximum atomic E-state index is 13.4. The molecule has 2 aliphatic heterocycles. The second-order valence-electron chi connectivity index (χ2n) is 11.8. The number of carbonyl (C=O) groups is 1. The van der Waals surface area contributed by atoms with E-state index in [1.165, 1.54) is 11.1 Å². The number of likely N-dealkylation sites (N-methyl/N-ethyl adjacent to an activating group) is 1. The number of aliphatic hydroxyl groups is 1. The van der Waals surface area contributed by atoms with E-state index in [0.717, 1.165) is 49.2 Å². The number of furan rings is 1. The van der Waals surface area contributed by atoms with Crippen LogP contribution in [-0.4, -0.2) is 71.8 Å². The van der Waals surface area contributed by atoms with Gasteiger partial charge in [-0.3, -0.25) is 9.69 Å². The summed E-state index contributed by atoms with van der Waals surface area (Å²) in [6.07, 6.45) is 9.99. The maximum absolute atomic E-state index is 13.4. The highest BCUT2D eigenvalue weighted by Gasteiger charge is 2.73. The average molecular weight is 541 g/mol. The summed E-state index contributed by atoms with van der Waals surface area (Å²) in [4.78, 5) is 17.7. The van der Waals surface area contributed by atoms with Gasteiger partial charge >= 0.3 is 0 Å². The fourth-order valence-electron chi connectivity index (χ4n) is 8.16. The van der Waals surface area contributed by atoms with Crippen LogP contribution >= 0.6 is 0 Å². The van der Waals surface area contributed by atoms with Gasteiger partial charge in [0.2, 0.25) is 5.91 Å². The molecule has 0 radical (unpaired) electrons. The lowest BCUT2D eigenvalue weighted by molar-refractivity contribution is -0.199. The second-order valence-corrected chi connectivity index (χ2v) is 11.8. The van der Waals surface area contributed by atoms with E-state index in [0.29, 0.717) is 18.6 Å². The van der Waals surface area contributed by atoms with Gasteiger partial charge in [0.05, 0.1) is 36.7 Å². The number of likely N-dealkylation sites (tertiary alicyclic amines) is 1. The molecule has 1 spiro atoms. The molecule has 1 aromatic heterocycles. The van der Waals surface area contributed by atoms with Crippen molar-refractivity contribution in [1.82, 2.24) is 9.80 Å². The van der Waals surface area contributed by atoms with E-state index in [-0.39, 0.29) is 24.1 Å². The first kappa shape index (κ1) is 25.4. The lowest BCUT2D eigenvalue weighted by atomic mass is 9.48. The third-order valence-corrected chi connectivity index (χ3v) is 10.1. The van der Waals surface area contributed by atoms with Crippen LogP contribution in [0.5, 0.6) is 11.5 Å². The Morgan fingerprint density at radius 1 is 1.20 bits per heavy atom. The molecule has 2 aliphatic carbocycles. The Hall–Kier alpha value is -3.55. The minimum absolute atomic E-state index is 0.00847. The van der Waals surface area contributed by atoms with E-state index in [1.807, 2.05) is 19.2 Å². The summed E-state index contributed by atoms with van der Waals surface area (Å²) in [5, 5.41) is 12.8. The van der Waals surface area contributed by atoms with Crippen molar-refractivity contribution in [3.05, 3.63) is 89.4 Å². The average Bonchev–Trinajstić information content (AvgIpc) is 3.62. The van der Waals surface area contributed by atoms with Gasteiger partial charge in [-0.05, 0) is 68.0 Å². The molecule has 1 saturated heterocycles. The number of rotatable bonds is 7. The number of piperidine rings is 1. The topological polar surface area (TPSA) is 75.4 Å². The summed E-state index contributed by atoms with van der Waals surface area (Å²) < 4.78 is 17.7. The molecule has 4 aliphatic rings. The SMILES string of the molecule is COc1ccc2c3c1O[C@H]1[C@H](N(C)C(=O)/C=C/c4ccoc4)CC[C@@]4(O)[C@@H](C2)N(CCc2ccccc2)CC[C@]314. The molecule has 1 amide bonds. The van der Waals surface area contributed by atoms with Crippen molar-refractivity contribution in [2.45, 2.75) is 61.3 Å². The zero-order valence-electron chi connectivity index (χ0n) is 23.1. The standard InChI is InChI=1S/C33H36N2O5/c1-34(28(36)11-8-23-14-19-39-21-23)25-12-15-33(37)27-20-24-9-10-26(38-2)30-29(24)32(33,31(25)40-30)16-18-35(27)17-13-22-6-4-3-5-7-22/h3-11,14,19,21,25,27,31,37H,12-13,15-18,20H2,1-2H3/b11-8+/t25-,27-,31+,32+,33-/m1/s1. The number of hydrogen-bond donors (Lipinski definition) is 1. The molecule has 3 aromatic rings. The van der Waals surface area contributed by atoms with Crippen LogP contribution in [0.3, 0.4) is 0 Å². The number of nitrogens with zero attached hydrogens (tertiary/aromatic N) is 2. The Balaban J connectivity index is 1.24. The van der Waals surface area contributed by atoms with Crippen molar-refractivity contribution in [2.24, 2.45) is 0 Å². The largest absolute Gasteiger partial charge is 0.493 e. The molecule has 2 bridgehead atoms. The summed E-state index contributed by atoms with van der Waals surface area (Å²) in [5.41, 5.74) is 2.95. The van der Waals surface area contributed by atoms with Crippen LogP contribution in [0.2, 0.25) is 0 Å². The van der Waals surface area contributed by atoms with Crippen molar-refractivity contribution in [3.8, 4) is 11.5 Å². The first-order valence-corrected chi connectivity index (χ1v) is 14.3. The van der Waals surface area contributed by atoms with E-state index in [9.17, 15) is 9.90 Å². The van der Waals surface area contributed by atoms with Gasteiger partial charge in [0.25, 0.3) is 0 Å². The Labute approximate surface area is 235 Å². The van der Waals surface area contributed by atoms with Crippen LogP contribution in [0, 0.1) is 0 Å². The molecule has 7 rings (SSSR count). The van der Waals surface area contributed by atoms with Crippen LogP contribution in [0.4, 0.5) is 0 Å². The number of benzene rings is 2. The molecule has 40 heavy (non-hydrogen) atoms. The zero-order valence-corrected chi connectivity index (χ0v) is 23.1. The molecule has 208 valence electrons. The van der Waals surface area contributed by atoms with Gasteiger partial charge in [-0.15, -0.1) is 0 Å². The molecule has 2 aromatic carbocycles. The number of ether oxygens (including phenoxy) is 2. The molecule has 1 saturated carbocycles. The van der Waals surface area contributed by atoms with Gasteiger partial charge in [0.15, 0.2) is 11.5 Å². The minimum Gasteiger partial charge on any atom is -0.493 e. The first-order chi connectivity index (χ1) is 19.5. The van der Waals surface area contributed by atoms with Gasteiger partial charge in [0, 0.05) is 36.8 Å². The molecule has 0 unspecified atom stereocenters. The predicted molar refractivity (Wildman–Crippen MR) is 151 cm³/mol. The van der Waals surface area contributed by atoms with E-state index in [2.05, 4.69) is 41.3 Å². The summed E-state index contributed by atoms with van der Waals surface area (Å²) in [6, 6.07) is 16.4. The van der Waals surface area contributed by atoms with Gasteiger partial charge in [0.1, 0.15) is 6.10 Å². The van der Waals surface area contributed by atoms with Crippen molar-refractivity contribution < 1.29 is 23.8 Å². The minimum atomic E-state index is -0.954. The Morgan fingerprint density at radius 3 is 2.83 bits per heavy atom. The van der Waals surface area contributed by atoms with E-state index in [4.69, 9.17) is 13.9 Å². The van der Waals surface area contributed by atoms with Gasteiger partial charge in [-0.1, -0.05) is 36.4 Å². The summed E-state index contributed by atoms with van der Waals surface area (Å²) in [6.45, 7) is 1.78. The molecule has 3 heterocycles. The third-order valence-electron chi connectivity index (χ3n) is 10.1. The number of carbonyl (C=O) groups excluding carboxylic acids is 1. The van der Waals surface area contributed by atoms with Crippen molar-refractivity contribution in [1.29, 1.82) is 0 Å². The molecule has 7 heteroatoms. The number of hydrogen-bond acceptors (Lipinski definition) is 6. The zero-order chi connectivity index (χ0) is 27.5. The first-order valence-electron chi connectivity index (χ1n) is 14.3. The van der Waals surface area contributed by atoms with Crippen molar-refractivity contribution >= 4 is 12.0 Å². The van der Waals surface area contributed by atoms with Crippen molar-refractivity contribution in [3.63, 3.8) is 0 Å². The van der Waals surface area contributed by atoms with E-state index in [1.54, 1.807) is 36.7 Å². The lowest BCUT2D eigenvalue weighted by Crippen LogP contribution is -2.78. The second kappa shape index (κ2) is 9.53. The number of amides is 1. The monoisotopic (exact) mass is 540 g/mol. The molecular formula is C33H36N2O5. The highest BCUT2D eigenvalue weighted by molar-refractivity contribution is 5.92. The summed E-state index contributed by atoms with van der Waals surface area (Å²) in [7, 11) is 3.52. The summed E-state index contributed by atoms with van der Waals surface area (Å²) in [5.74, 6) is 1.36. The third kappa shape index (κ3) is 3.60. The Morgan fingerprint density at radius 2 is 2.05 bits per heavy atom. The predicted octanol–water partition coefficient (Wildman–Crippen LogP) is 4.23. The molecule has 7 nitrogen and oxygen atoms in total. The van der Waals surface area contributed by atoms with Gasteiger partial charge in [-0.2, -0.15) is 0 Å². The molecular weight excluding hydrogens is 504 g/mol.